The summed E-state index contributed by atoms with van der Waals surface area (Å²) in [4.78, 5) is 33.4. The van der Waals surface area contributed by atoms with Crippen LogP contribution in [-0.4, -0.2) is 24.1 Å². The van der Waals surface area contributed by atoms with E-state index in [0.717, 1.165) is 19.2 Å². The summed E-state index contributed by atoms with van der Waals surface area (Å²) in [7, 11) is 1.12. The number of hydrogen-bond donors (Lipinski definition) is 1. The van der Waals surface area contributed by atoms with Gasteiger partial charge in [0.25, 0.3) is 5.69 Å². The number of hydrogen-bond acceptors (Lipinski definition) is 6. The lowest BCUT2D eigenvalue weighted by Gasteiger charge is -2.10. The molecular formula is C15H11FN2O6. The van der Waals surface area contributed by atoms with Crippen LogP contribution in [0.1, 0.15) is 10.4 Å². The van der Waals surface area contributed by atoms with Gasteiger partial charge < -0.3 is 9.47 Å². The number of ether oxygens (including phenoxy) is 2. The molecule has 0 heterocycles. The first-order chi connectivity index (χ1) is 11.4. The van der Waals surface area contributed by atoms with Crippen molar-refractivity contribution in [2.45, 2.75) is 0 Å². The zero-order valence-corrected chi connectivity index (χ0v) is 12.3. The zero-order valence-electron chi connectivity index (χ0n) is 12.3. The van der Waals surface area contributed by atoms with Crippen LogP contribution in [0.5, 0.6) is 5.75 Å². The number of nitrogens with zero attached hydrogens (tertiary/aromatic N) is 1. The van der Waals surface area contributed by atoms with Crippen LogP contribution >= 0.6 is 0 Å². The predicted molar refractivity (Wildman–Crippen MR) is 80.5 cm³/mol. The Labute approximate surface area is 135 Å². The maximum atomic E-state index is 13.2. The second-order valence-electron chi connectivity index (χ2n) is 4.45. The first kappa shape index (κ1) is 16.9. The normalized spacial score (nSPS) is 9.92. The molecule has 9 heteroatoms. The zero-order chi connectivity index (χ0) is 17.7. The number of esters is 1. The molecule has 0 aromatic heterocycles. The fraction of sp³-hybridized carbons (Fsp3) is 0.0667. The van der Waals surface area contributed by atoms with Gasteiger partial charge in [0.15, 0.2) is 0 Å². The maximum absolute atomic E-state index is 13.2. The quantitative estimate of drug-likeness (QED) is 0.523. The van der Waals surface area contributed by atoms with E-state index in [0.29, 0.717) is 0 Å². The van der Waals surface area contributed by atoms with E-state index in [1.807, 2.05) is 0 Å². The maximum Gasteiger partial charge on any atom is 0.417 e. The van der Waals surface area contributed by atoms with Gasteiger partial charge in [0.1, 0.15) is 11.6 Å². The van der Waals surface area contributed by atoms with Crippen LogP contribution in [0.25, 0.3) is 0 Å². The first-order valence-corrected chi connectivity index (χ1v) is 6.52. The molecule has 2 aromatic rings. The molecule has 0 unspecified atom stereocenters. The lowest BCUT2D eigenvalue weighted by atomic mass is 10.1. The number of anilines is 1. The number of rotatable bonds is 4. The number of nitro groups is 1. The summed E-state index contributed by atoms with van der Waals surface area (Å²) in [5, 5.41) is 12.8. The van der Waals surface area contributed by atoms with Crippen molar-refractivity contribution in [3.63, 3.8) is 0 Å². The number of carbonyl (C=O) groups is 2. The van der Waals surface area contributed by atoms with Crippen LogP contribution in [0, 0.1) is 15.9 Å². The van der Waals surface area contributed by atoms with Gasteiger partial charge in [-0.05, 0) is 30.3 Å². The van der Waals surface area contributed by atoms with Gasteiger partial charge in [0, 0.05) is 12.1 Å². The molecule has 2 aromatic carbocycles. The third-order valence-corrected chi connectivity index (χ3v) is 2.88. The van der Waals surface area contributed by atoms with Crippen molar-refractivity contribution in [2.24, 2.45) is 0 Å². The molecule has 8 nitrogen and oxygen atoms in total. The van der Waals surface area contributed by atoms with Gasteiger partial charge in [-0.15, -0.1) is 0 Å². The fourth-order valence-electron chi connectivity index (χ4n) is 1.78. The molecule has 0 aliphatic heterocycles. The highest BCUT2D eigenvalue weighted by molar-refractivity contribution is 6.00. The molecule has 0 spiro atoms. The molecule has 0 aliphatic rings. The molecule has 0 bridgehead atoms. The molecule has 0 radical (unpaired) electrons. The number of methoxy groups -OCH3 is 1. The van der Waals surface area contributed by atoms with Crippen molar-refractivity contribution in [1.82, 2.24) is 0 Å². The highest BCUT2D eigenvalue weighted by atomic mass is 19.1. The van der Waals surface area contributed by atoms with Crippen molar-refractivity contribution in [1.29, 1.82) is 0 Å². The van der Waals surface area contributed by atoms with Gasteiger partial charge in [0.05, 0.1) is 23.3 Å². The number of nitrogens with one attached hydrogen (secondary N) is 1. The molecule has 0 fully saturated rings. The molecule has 2 rings (SSSR count). The van der Waals surface area contributed by atoms with Gasteiger partial charge >= 0.3 is 12.1 Å². The van der Waals surface area contributed by atoms with Gasteiger partial charge in [0.2, 0.25) is 0 Å². The van der Waals surface area contributed by atoms with E-state index < -0.39 is 22.8 Å². The number of non-ortho nitro benzene ring substituents is 1. The van der Waals surface area contributed by atoms with E-state index in [4.69, 9.17) is 4.74 Å². The molecule has 1 amide bonds. The van der Waals surface area contributed by atoms with Gasteiger partial charge in [-0.25, -0.2) is 14.0 Å². The largest absolute Gasteiger partial charge is 0.465 e. The lowest BCUT2D eigenvalue weighted by molar-refractivity contribution is -0.384. The Kier molecular flexibility index (Phi) is 5.05. The fourth-order valence-corrected chi connectivity index (χ4v) is 1.78. The van der Waals surface area contributed by atoms with E-state index in [2.05, 4.69) is 10.1 Å². The molecule has 124 valence electrons. The average molecular weight is 334 g/mol. The molecule has 24 heavy (non-hydrogen) atoms. The summed E-state index contributed by atoms with van der Waals surface area (Å²) >= 11 is 0. The standard InChI is InChI=1S/C15H11FN2O6/c1-23-14(19)12-8-9(16)2-7-13(12)17-15(20)24-11-5-3-10(4-6-11)18(21)22/h2-8H,1H3,(H,17,20). The summed E-state index contributed by atoms with van der Waals surface area (Å²) in [5.74, 6) is -1.45. The van der Waals surface area contributed by atoms with Gasteiger partial charge in [-0.2, -0.15) is 0 Å². The summed E-state index contributed by atoms with van der Waals surface area (Å²) < 4.78 is 22.7. The number of carbonyl (C=O) groups excluding carboxylic acids is 2. The Morgan fingerprint density at radius 2 is 1.83 bits per heavy atom. The van der Waals surface area contributed by atoms with Crippen LogP contribution in [0.2, 0.25) is 0 Å². The summed E-state index contributed by atoms with van der Waals surface area (Å²) in [6.07, 6.45) is -0.958. The van der Waals surface area contributed by atoms with Gasteiger partial charge in [-0.3, -0.25) is 15.4 Å². The minimum Gasteiger partial charge on any atom is -0.465 e. The Morgan fingerprint density at radius 1 is 1.17 bits per heavy atom. The molecule has 0 saturated heterocycles. The molecule has 0 saturated carbocycles. The third kappa shape index (κ3) is 4.03. The smallest absolute Gasteiger partial charge is 0.417 e. The van der Waals surface area contributed by atoms with Crippen molar-refractivity contribution in [3.8, 4) is 5.75 Å². The highest BCUT2D eigenvalue weighted by Crippen LogP contribution is 2.20. The molecule has 0 atom stereocenters. The van der Waals surface area contributed by atoms with Crippen LogP contribution in [-0.2, 0) is 4.74 Å². The molecule has 0 aliphatic carbocycles. The number of benzene rings is 2. The molecular weight excluding hydrogens is 323 g/mol. The minimum atomic E-state index is -0.958. The van der Waals surface area contributed by atoms with E-state index >= 15 is 0 Å². The van der Waals surface area contributed by atoms with Crippen LogP contribution in [0.15, 0.2) is 42.5 Å². The van der Waals surface area contributed by atoms with E-state index in [1.54, 1.807) is 0 Å². The predicted octanol–water partition coefficient (Wildman–Crippen LogP) is 3.13. The van der Waals surface area contributed by atoms with Crippen molar-refractivity contribution in [2.75, 3.05) is 12.4 Å². The van der Waals surface area contributed by atoms with Crippen LogP contribution < -0.4 is 10.1 Å². The Balaban J connectivity index is 2.12. The van der Waals surface area contributed by atoms with Crippen molar-refractivity contribution in [3.05, 3.63) is 64.0 Å². The topological polar surface area (TPSA) is 108 Å². The number of amides is 1. The van der Waals surface area contributed by atoms with Crippen LogP contribution in [0.4, 0.5) is 20.6 Å². The van der Waals surface area contributed by atoms with E-state index in [1.165, 1.54) is 30.3 Å². The Bertz CT molecular complexity index is 791. The highest BCUT2D eigenvalue weighted by Gasteiger charge is 2.16. The van der Waals surface area contributed by atoms with E-state index in [9.17, 15) is 24.1 Å². The number of nitro benzene ring substituents is 1. The van der Waals surface area contributed by atoms with Crippen LogP contribution in [0.3, 0.4) is 0 Å². The monoisotopic (exact) mass is 334 g/mol. The summed E-state index contributed by atoms with van der Waals surface area (Å²) in [6, 6.07) is 7.95. The summed E-state index contributed by atoms with van der Waals surface area (Å²) in [6.45, 7) is 0. The lowest BCUT2D eigenvalue weighted by Crippen LogP contribution is -2.19. The second kappa shape index (κ2) is 7.18. The summed E-state index contributed by atoms with van der Waals surface area (Å²) in [5.41, 5.74) is -0.345. The van der Waals surface area contributed by atoms with Crippen molar-refractivity contribution < 1.29 is 28.4 Å². The molecule has 1 N–H and O–H groups in total. The third-order valence-electron chi connectivity index (χ3n) is 2.88. The SMILES string of the molecule is COC(=O)c1cc(F)ccc1NC(=O)Oc1ccc([N+](=O)[O-])cc1. The van der Waals surface area contributed by atoms with E-state index in [-0.39, 0.29) is 22.7 Å². The van der Waals surface area contributed by atoms with Crippen molar-refractivity contribution >= 4 is 23.4 Å². The minimum absolute atomic E-state index is 0.00448. The Hall–Kier alpha value is -3.49. The average Bonchev–Trinajstić information content (AvgIpc) is 2.56. The van der Waals surface area contributed by atoms with Gasteiger partial charge in [-0.1, -0.05) is 0 Å². The Morgan fingerprint density at radius 3 is 2.42 bits per heavy atom. The number of halogens is 1. The second-order valence-corrected chi connectivity index (χ2v) is 4.45. The first-order valence-electron chi connectivity index (χ1n) is 6.52.